The second-order valence-electron chi connectivity index (χ2n) is 8.37. The predicted octanol–water partition coefficient (Wildman–Crippen LogP) is 5.13. The maximum Gasteiger partial charge on any atom is 0.309 e. The van der Waals surface area contributed by atoms with Gasteiger partial charge in [-0.05, 0) is 66.9 Å². The third-order valence-electron chi connectivity index (χ3n) is 6.84. The molecule has 0 aromatic carbocycles. The van der Waals surface area contributed by atoms with E-state index in [0.29, 0.717) is 0 Å². The molecule has 1 N–H and O–H groups in total. The minimum Gasteiger partial charge on any atom is -0.481 e. The first-order chi connectivity index (χ1) is 10.3. The van der Waals surface area contributed by atoms with Crippen molar-refractivity contribution < 1.29 is 9.90 Å². The number of carboxylic acid groups (broad SMARTS) is 1. The van der Waals surface area contributed by atoms with Gasteiger partial charge in [-0.2, -0.15) is 0 Å². The van der Waals surface area contributed by atoms with Crippen molar-refractivity contribution in [3.63, 3.8) is 0 Å². The van der Waals surface area contributed by atoms with Crippen LogP contribution < -0.4 is 0 Å². The fourth-order valence-electron chi connectivity index (χ4n) is 5.24. The zero-order valence-electron chi connectivity index (χ0n) is 14.1. The highest BCUT2D eigenvalue weighted by molar-refractivity contribution is 5.75. The summed E-state index contributed by atoms with van der Waals surface area (Å²) in [5.41, 5.74) is 2.48. The predicted molar refractivity (Wildman–Crippen MR) is 89.5 cm³/mol. The highest BCUT2D eigenvalue weighted by Gasteiger charge is 2.56. The summed E-state index contributed by atoms with van der Waals surface area (Å²) in [4.78, 5) is 11.9. The molecule has 0 radical (unpaired) electrons. The molecule has 120 valence electrons. The molecule has 0 aliphatic heterocycles. The van der Waals surface area contributed by atoms with Gasteiger partial charge < -0.3 is 5.11 Å². The third kappa shape index (κ3) is 2.03. The van der Waals surface area contributed by atoms with Gasteiger partial charge in [0.2, 0.25) is 0 Å². The van der Waals surface area contributed by atoms with Gasteiger partial charge in [0.05, 0.1) is 5.41 Å². The minimum atomic E-state index is -0.618. The minimum absolute atomic E-state index is 0.0258. The largest absolute Gasteiger partial charge is 0.481 e. The molecule has 2 nitrogen and oxygen atoms in total. The number of rotatable bonds is 2. The lowest BCUT2D eigenvalue weighted by molar-refractivity contribution is -0.158. The van der Waals surface area contributed by atoms with Crippen LogP contribution in [-0.2, 0) is 4.79 Å². The van der Waals surface area contributed by atoms with Crippen LogP contribution in [0.1, 0.15) is 59.3 Å². The number of hydrogen-bond donors (Lipinski definition) is 1. The Labute approximate surface area is 134 Å². The Balaban J connectivity index is 2.04. The molecule has 3 rings (SSSR count). The lowest BCUT2D eigenvalue weighted by Crippen LogP contribution is -2.50. The van der Waals surface area contributed by atoms with E-state index in [1.807, 2.05) is 6.92 Å². The van der Waals surface area contributed by atoms with E-state index < -0.39 is 11.4 Å². The van der Waals surface area contributed by atoms with Crippen LogP contribution in [0.4, 0.5) is 0 Å². The van der Waals surface area contributed by atoms with Gasteiger partial charge in [-0.1, -0.05) is 38.5 Å². The summed E-state index contributed by atoms with van der Waals surface area (Å²) in [7, 11) is 0. The Kier molecular flexibility index (Phi) is 3.43. The molecule has 2 heteroatoms. The van der Waals surface area contributed by atoms with E-state index in [-0.39, 0.29) is 16.7 Å². The monoisotopic (exact) mass is 300 g/mol. The average Bonchev–Trinajstić information content (AvgIpc) is 2.46. The Bertz CT molecular complexity index is 585. The molecule has 0 bridgehead atoms. The van der Waals surface area contributed by atoms with Crippen molar-refractivity contribution in [3.8, 4) is 0 Å². The van der Waals surface area contributed by atoms with Crippen molar-refractivity contribution in [2.45, 2.75) is 59.3 Å². The maximum absolute atomic E-state index is 11.9. The second kappa shape index (κ2) is 4.84. The van der Waals surface area contributed by atoms with Crippen molar-refractivity contribution in [2.75, 3.05) is 0 Å². The molecule has 0 heterocycles. The van der Waals surface area contributed by atoms with Crippen LogP contribution in [0.25, 0.3) is 0 Å². The van der Waals surface area contributed by atoms with E-state index in [2.05, 4.69) is 38.7 Å². The summed E-state index contributed by atoms with van der Waals surface area (Å²) in [6, 6.07) is 0. The standard InChI is InChI=1S/C20H28O2/c1-5-18(2)12-9-15-14(13-18)7-8-16-19(15,3)10-6-11-20(16,4)17(21)22/h5,7,9,16H,1,6,8,10-13H2,2-4H3,(H,21,22)/t16-,18+,19-,20+/m0/s1. The molecule has 0 unspecified atom stereocenters. The molecule has 3 aliphatic carbocycles. The van der Waals surface area contributed by atoms with Crippen LogP contribution >= 0.6 is 0 Å². The molecular formula is C20H28O2. The van der Waals surface area contributed by atoms with E-state index >= 15 is 0 Å². The molecule has 0 aromatic heterocycles. The summed E-state index contributed by atoms with van der Waals surface area (Å²) in [5, 5.41) is 9.81. The highest BCUT2D eigenvalue weighted by atomic mass is 16.4. The number of allylic oxidation sites excluding steroid dienone is 5. The van der Waals surface area contributed by atoms with E-state index in [0.717, 1.165) is 38.5 Å². The van der Waals surface area contributed by atoms with Crippen molar-refractivity contribution >= 4 is 5.97 Å². The number of carboxylic acids is 1. The van der Waals surface area contributed by atoms with Crippen LogP contribution in [0.3, 0.4) is 0 Å². The molecule has 3 aliphatic rings. The van der Waals surface area contributed by atoms with Gasteiger partial charge in [0.25, 0.3) is 0 Å². The third-order valence-corrected chi connectivity index (χ3v) is 6.84. The lowest BCUT2D eigenvalue weighted by atomic mass is 9.48. The first kappa shape index (κ1) is 15.6. The fourth-order valence-corrected chi connectivity index (χ4v) is 5.24. The Morgan fingerprint density at radius 1 is 1.32 bits per heavy atom. The topological polar surface area (TPSA) is 37.3 Å². The van der Waals surface area contributed by atoms with Gasteiger partial charge in [-0.3, -0.25) is 4.79 Å². The summed E-state index contributed by atoms with van der Waals surface area (Å²) in [6.45, 7) is 10.6. The molecule has 4 atom stereocenters. The van der Waals surface area contributed by atoms with E-state index in [9.17, 15) is 9.90 Å². The molecule has 1 saturated carbocycles. The quantitative estimate of drug-likeness (QED) is 0.718. The molecule has 0 saturated heterocycles. The smallest absolute Gasteiger partial charge is 0.309 e. The Morgan fingerprint density at radius 2 is 2.05 bits per heavy atom. The first-order valence-electron chi connectivity index (χ1n) is 8.52. The normalized spacial score (nSPS) is 44.2. The van der Waals surface area contributed by atoms with Gasteiger partial charge in [-0.15, -0.1) is 6.58 Å². The van der Waals surface area contributed by atoms with E-state index in [1.54, 1.807) is 0 Å². The van der Waals surface area contributed by atoms with Crippen LogP contribution in [0.5, 0.6) is 0 Å². The highest BCUT2D eigenvalue weighted by Crippen LogP contribution is 2.62. The van der Waals surface area contributed by atoms with Crippen LogP contribution in [0, 0.1) is 22.2 Å². The van der Waals surface area contributed by atoms with Gasteiger partial charge in [0.15, 0.2) is 0 Å². The van der Waals surface area contributed by atoms with Crippen LogP contribution in [0.15, 0.2) is 36.0 Å². The molecule has 1 fully saturated rings. The molecular weight excluding hydrogens is 272 g/mol. The second-order valence-corrected chi connectivity index (χ2v) is 8.37. The zero-order valence-corrected chi connectivity index (χ0v) is 14.1. The summed E-state index contributed by atoms with van der Waals surface area (Å²) in [5.74, 6) is -0.401. The van der Waals surface area contributed by atoms with Crippen molar-refractivity contribution in [1.82, 2.24) is 0 Å². The van der Waals surface area contributed by atoms with Crippen LogP contribution in [-0.4, -0.2) is 11.1 Å². The first-order valence-corrected chi connectivity index (χ1v) is 8.52. The summed E-state index contributed by atoms with van der Waals surface area (Å²) < 4.78 is 0. The van der Waals surface area contributed by atoms with Gasteiger partial charge >= 0.3 is 5.97 Å². The fraction of sp³-hybridized carbons (Fsp3) is 0.650. The van der Waals surface area contributed by atoms with Gasteiger partial charge in [-0.25, -0.2) is 0 Å². The Morgan fingerprint density at radius 3 is 2.68 bits per heavy atom. The van der Waals surface area contributed by atoms with Gasteiger partial charge in [0.1, 0.15) is 0 Å². The number of aliphatic carboxylic acids is 1. The molecule has 0 aromatic rings. The number of hydrogen-bond acceptors (Lipinski definition) is 1. The number of fused-ring (bicyclic) bond motifs is 3. The lowest BCUT2D eigenvalue weighted by Gasteiger charge is -2.55. The summed E-state index contributed by atoms with van der Waals surface area (Å²) in [6.07, 6.45) is 12.7. The molecule has 22 heavy (non-hydrogen) atoms. The SMILES string of the molecule is C=C[C@]1(C)CC=C2C(=CC[C@@H]3[C@](C)(C(=O)O)CCC[C@@]23C)C1. The Hall–Kier alpha value is -1.31. The van der Waals surface area contributed by atoms with Crippen molar-refractivity contribution in [3.05, 3.63) is 36.0 Å². The van der Waals surface area contributed by atoms with Crippen molar-refractivity contribution in [2.24, 2.45) is 22.2 Å². The van der Waals surface area contributed by atoms with E-state index in [1.165, 1.54) is 11.1 Å². The van der Waals surface area contributed by atoms with Gasteiger partial charge in [0, 0.05) is 0 Å². The zero-order chi connectivity index (χ0) is 16.2. The van der Waals surface area contributed by atoms with E-state index in [4.69, 9.17) is 0 Å². The average molecular weight is 300 g/mol. The molecule has 0 spiro atoms. The van der Waals surface area contributed by atoms with Crippen molar-refractivity contribution in [1.29, 1.82) is 0 Å². The molecule has 0 amide bonds. The summed E-state index contributed by atoms with van der Waals surface area (Å²) >= 11 is 0. The maximum atomic E-state index is 11.9. The van der Waals surface area contributed by atoms with Crippen LogP contribution in [0.2, 0.25) is 0 Å². The number of carbonyl (C=O) groups is 1.